The van der Waals surface area contributed by atoms with Gasteiger partial charge in [0, 0.05) is 19.1 Å². The minimum Gasteiger partial charge on any atom is -0.376 e. The molecule has 1 N–H and O–H groups in total. The van der Waals surface area contributed by atoms with Crippen molar-refractivity contribution in [3.05, 3.63) is 53.1 Å². The molecule has 0 amide bonds. The van der Waals surface area contributed by atoms with Crippen LogP contribution in [0.15, 0.2) is 47.4 Å². The zero-order chi connectivity index (χ0) is 16.3. The van der Waals surface area contributed by atoms with E-state index in [0.29, 0.717) is 22.0 Å². The monoisotopic (exact) mass is 335 g/mol. The lowest BCUT2D eigenvalue weighted by Crippen LogP contribution is -2.17. The average molecular weight is 336 g/mol. The van der Waals surface area contributed by atoms with Crippen LogP contribution in [0.4, 0.5) is 11.4 Å². The van der Waals surface area contributed by atoms with Crippen LogP contribution in [-0.2, 0) is 10.0 Å². The van der Waals surface area contributed by atoms with E-state index in [0.717, 1.165) is 0 Å². The second-order valence-electron chi connectivity index (χ2n) is 4.80. The summed E-state index contributed by atoms with van der Waals surface area (Å²) in [6.45, 7) is 0. The number of hydrogen-bond acceptors (Lipinski definition) is 4. The van der Waals surface area contributed by atoms with E-state index < -0.39 is 10.0 Å². The van der Waals surface area contributed by atoms with Crippen LogP contribution in [0.5, 0.6) is 0 Å². The number of halogens is 1. The first-order chi connectivity index (χ1) is 10.3. The van der Waals surface area contributed by atoms with E-state index in [9.17, 15) is 8.42 Å². The minimum absolute atomic E-state index is 0.0798. The molecule has 0 unspecified atom stereocenters. The molecule has 0 spiro atoms. The highest BCUT2D eigenvalue weighted by Crippen LogP contribution is 2.29. The molecule has 0 saturated carbocycles. The summed E-state index contributed by atoms with van der Waals surface area (Å²) in [6, 6.07) is 12.6. The van der Waals surface area contributed by atoms with Gasteiger partial charge in [0.25, 0.3) is 10.0 Å². The maximum absolute atomic E-state index is 12.4. The van der Waals surface area contributed by atoms with Gasteiger partial charge in [-0.2, -0.15) is 5.26 Å². The molecule has 0 saturated heterocycles. The van der Waals surface area contributed by atoms with E-state index in [-0.39, 0.29) is 4.90 Å². The summed E-state index contributed by atoms with van der Waals surface area (Å²) in [5.74, 6) is 0. The molecule has 0 atom stereocenters. The molecule has 5 nitrogen and oxygen atoms in total. The highest BCUT2D eigenvalue weighted by molar-refractivity contribution is 7.92. The van der Waals surface area contributed by atoms with Crippen molar-refractivity contribution in [2.24, 2.45) is 0 Å². The molecular weight excluding hydrogens is 322 g/mol. The number of sulfonamides is 1. The van der Waals surface area contributed by atoms with Gasteiger partial charge in [-0.1, -0.05) is 11.6 Å². The van der Waals surface area contributed by atoms with Crippen molar-refractivity contribution in [2.45, 2.75) is 4.90 Å². The molecule has 0 fully saturated rings. The lowest BCUT2D eigenvalue weighted by Gasteiger charge is -2.18. The molecule has 0 aliphatic carbocycles. The molecule has 0 aliphatic rings. The van der Waals surface area contributed by atoms with E-state index in [4.69, 9.17) is 16.9 Å². The zero-order valence-electron chi connectivity index (χ0n) is 12.0. The minimum atomic E-state index is -3.76. The smallest absolute Gasteiger partial charge is 0.261 e. The van der Waals surface area contributed by atoms with Gasteiger partial charge in [0.2, 0.25) is 0 Å². The summed E-state index contributed by atoms with van der Waals surface area (Å²) < 4.78 is 27.4. The Labute approximate surface area is 134 Å². The predicted molar refractivity (Wildman–Crippen MR) is 87.7 cm³/mol. The first-order valence-electron chi connectivity index (χ1n) is 6.33. The molecule has 0 bridgehead atoms. The number of anilines is 2. The van der Waals surface area contributed by atoms with Crippen LogP contribution in [0.2, 0.25) is 5.02 Å². The Bertz CT molecular complexity index is 825. The van der Waals surface area contributed by atoms with Crippen LogP contribution in [0.3, 0.4) is 0 Å². The van der Waals surface area contributed by atoms with Gasteiger partial charge in [0.15, 0.2) is 0 Å². The molecule has 0 radical (unpaired) electrons. The third kappa shape index (κ3) is 3.50. The number of rotatable bonds is 4. The average Bonchev–Trinajstić information content (AvgIpc) is 2.46. The maximum atomic E-state index is 12.4. The second kappa shape index (κ2) is 6.26. The Kier molecular flexibility index (Phi) is 4.59. The fraction of sp³-hybridized carbons (Fsp3) is 0.133. The quantitative estimate of drug-likeness (QED) is 0.931. The number of hydrogen-bond donors (Lipinski definition) is 1. The highest BCUT2D eigenvalue weighted by Gasteiger charge is 2.17. The summed E-state index contributed by atoms with van der Waals surface area (Å²) in [4.78, 5) is 1.86. The van der Waals surface area contributed by atoms with Gasteiger partial charge in [0.05, 0.1) is 27.9 Å². The molecule has 2 aromatic rings. The van der Waals surface area contributed by atoms with Crippen molar-refractivity contribution in [1.82, 2.24) is 0 Å². The fourth-order valence-corrected chi connectivity index (χ4v) is 3.13. The van der Waals surface area contributed by atoms with E-state index in [1.807, 2.05) is 20.2 Å². The first kappa shape index (κ1) is 16.1. The topological polar surface area (TPSA) is 73.2 Å². The van der Waals surface area contributed by atoms with Gasteiger partial charge in [-0.15, -0.1) is 0 Å². The molecule has 7 heteroatoms. The number of benzene rings is 2. The number of nitrogens with zero attached hydrogens (tertiary/aromatic N) is 2. The maximum Gasteiger partial charge on any atom is 0.261 e. The van der Waals surface area contributed by atoms with Crippen molar-refractivity contribution in [2.75, 3.05) is 23.7 Å². The molecule has 0 aromatic heterocycles. The van der Waals surface area contributed by atoms with E-state index >= 15 is 0 Å². The van der Waals surface area contributed by atoms with Crippen LogP contribution in [0, 0.1) is 11.3 Å². The number of nitrogens with one attached hydrogen (secondary N) is 1. The zero-order valence-corrected chi connectivity index (χ0v) is 13.6. The highest BCUT2D eigenvalue weighted by atomic mass is 35.5. The van der Waals surface area contributed by atoms with E-state index in [1.165, 1.54) is 24.3 Å². The summed E-state index contributed by atoms with van der Waals surface area (Å²) >= 11 is 5.95. The Hall–Kier alpha value is -2.23. The normalized spacial score (nSPS) is 10.8. The Morgan fingerprint density at radius 2 is 1.77 bits per heavy atom. The molecule has 0 aliphatic heterocycles. The van der Waals surface area contributed by atoms with Crippen molar-refractivity contribution >= 4 is 33.0 Å². The van der Waals surface area contributed by atoms with Gasteiger partial charge >= 0.3 is 0 Å². The second-order valence-corrected chi connectivity index (χ2v) is 6.92. The summed E-state index contributed by atoms with van der Waals surface area (Å²) in [5.41, 5.74) is 1.49. The van der Waals surface area contributed by atoms with Gasteiger partial charge in [-0.05, 0) is 42.5 Å². The molecule has 0 heterocycles. The van der Waals surface area contributed by atoms with Gasteiger partial charge in [0.1, 0.15) is 0 Å². The summed E-state index contributed by atoms with van der Waals surface area (Å²) in [6.07, 6.45) is 0. The van der Waals surface area contributed by atoms with Crippen LogP contribution >= 0.6 is 11.6 Å². The summed E-state index contributed by atoms with van der Waals surface area (Å²) in [5, 5.41) is 9.19. The largest absolute Gasteiger partial charge is 0.376 e. The van der Waals surface area contributed by atoms with Crippen molar-refractivity contribution in [1.29, 1.82) is 5.26 Å². The van der Waals surface area contributed by atoms with Crippen LogP contribution in [0.1, 0.15) is 5.56 Å². The third-order valence-corrected chi connectivity index (χ3v) is 4.59. The van der Waals surface area contributed by atoms with Gasteiger partial charge in [-0.3, -0.25) is 4.72 Å². The van der Waals surface area contributed by atoms with Crippen molar-refractivity contribution in [3.8, 4) is 6.07 Å². The van der Waals surface area contributed by atoms with Gasteiger partial charge < -0.3 is 4.90 Å². The SMILES string of the molecule is CN(C)c1ccc(Cl)cc1NS(=O)(=O)c1ccc(C#N)cc1. The van der Waals surface area contributed by atoms with Gasteiger partial charge in [-0.25, -0.2) is 8.42 Å². The van der Waals surface area contributed by atoms with Crippen molar-refractivity contribution < 1.29 is 8.42 Å². The fourth-order valence-electron chi connectivity index (χ4n) is 1.89. The Morgan fingerprint density at radius 1 is 1.14 bits per heavy atom. The Balaban J connectivity index is 2.40. The molecule has 114 valence electrons. The lowest BCUT2D eigenvalue weighted by atomic mass is 10.2. The standard InChI is InChI=1S/C15H14ClN3O2S/c1-19(2)15-8-5-12(16)9-14(15)18-22(20,21)13-6-3-11(10-17)4-7-13/h3-9,18H,1-2H3. The van der Waals surface area contributed by atoms with Crippen molar-refractivity contribution in [3.63, 3.8) is 0 Å². The van der Waals surface area contributed by atoms with Crippen LogP contribution in [0.25, 0.3) is 0 Å². The molecular formula is C15H14ClN3O2S. The molecule has 2 aromatic carbocycles. The first-order valence-corrected chi connectivity index (χ1v) is 8.19. The van der Waals surface area contributed by atoms with E-state index in [1.54, 1.807) is 23.1 Å². The predicted octanol–water partition coefficient (Wildman–Crippen LogP) is 3.08. The lowest BCUT2D eigenvalue weighted by molar-refractivity contribution is 0.601. The molecule has 22 heavy (non-hydrogen) atoms. The van der Waals surface area contributed by atoms with Crippen LogP contribution < -0.4 is 9.62 Å². The van der Waals surface area contributed by atoms with Crippen LogP contribution in [-0.4, -0.2) is 22.5 Å². The Morgan fingerprint density at radius 3 is 2.32 bits per heavy atom. The number of nitriles is 1. The molecule has 2 rings (SSSR count). The summed E-state index contributed by atoms with van der Waals surface area (Å²) in [7, 11) is -0.139. The van der Waals surface area contributed by atoms with E-state index in [2.05, 4.69) is 4.72 Å². The third-order valence-electron chi connectivity index (χ3n) is 2.98.